The maximum absolute atomic E-state index is 6.52. The van der Waals surface area contributed by atoms with Gasteiger partial charge in [0.25, 0.3) is 5.19 Å². The maximum atomic E-state index is 6.52. The lowest BCUT2D eigenvalue weighted by molar-refractivity contribution is 0.351. The van der Waals surface area contributed by atoms with E-state index in [4.69, 9.17) is 27.9 Å². The SMILES string of the molecule is Cc1cc(Oc2nc(C3(c4ccc(Cl)cc4)CC3)ns2)c(Cl)cc1N=CN1CCCCC1. The maximum Gasteiger partial charge on any atom is 0.298 e. The molecule has 1 aromatic heterocycles. The van der Waals surface area contributed by atoms with Crippen molar-refractivity contribution in [1.29, 1.82) is 0 Å². The summed E-state index contributed by atoms with van der Waals surface area (Å²) in [6, 6.07) is 11.7. The van der Waals surface area contributed by atoms with Crippen LogP contribution in [0.25, 0.3) is 0 Å². The molecule has 0 radical (unpaired) electrons. The predicted molar refractivity (Wildman–Crippen MR) is 131 cm³/mol. The van der Waals surface area contributed by atoms with Crippen LogP contribution in [0.2, 0.25) is 10.0 Å². The second kappa shape index (κ2) is 9.00. The Morgan fingerprint density at radius 2 is 1.84 bits per heavy atom. The van der Waals surface area contributed by atoms with Crippen LogP contribution in [0, 0.1) is 6.92 Å². The van der Waals surface area contributed by atoms with Gasteiger partial charge in [0.2, 0.25) is 0 Å². The average molecular weight is 487 g/mol. The van der Waals surface area contributed by atoms with Gasteiger partial charge in [-0.3, -0.25) is 0 Å². The van der Waals surface area contributed by atoms with E-state index in [1.165, 1.54) is 36.4 Å². The quantitative estimate of drug-likeness (QED) is 0.273. The van der Waals surface area contributed by atoms with Gasteiger partial charge in [-0.2, -0.15) is 9.36 Å². The van der Waals surface area contributed by atoms with Gasteiger partial charge in [0, 0.05) is 29.6 Å². The molecule has 2 fully saturated rings. The molecule has 0 N–H and O–H groups in total. The topological polar surface area (TPSA) is 50.6 Å². The number of piperidine rings is 1. The molecule has 1 saturated heterocycles. The zero-order valence-corrected chi connectivity index (χ0v) is 20.2. The van der Waals surface area contributed by atoms with Crippen LogP contribution >= 0.6 is 34.7 Å². The van der Waals surface area contributed by atoms with Crippen LogP contribution < -0.4 is 4.74 Å². The first-order chi connectivity index (χ1) is 15.5. The summed E-state index contributed by atoms with van der Waals surface area (Å²) < 4.78 is 10.6. The molecule has 3 aromatic rings. The minimum Gasteiger partial charge on any atom is -0.428 e. The summed E-state index contributed by atoms with van der Waals surface area (Å²) in [4.78, 5) is 11.6. The lowest BCUT2D eigenvalue weighted by Crippen LogP contribution is -2.28. The molecular formula is C24H24Cl2N4OS. The van der Waals surface area contributed by atoms with Crippen molar-refractivity contribution in [2.24, 2.45) is 4.99 Å². The van der Waals surface area contributed by atoms with Crippen molar-refractivity contribution in [2.75, 3.05) is 13.1 Å². The fourth-order valence-corrected chi connectivity index (χ4v) is 5.07. The lowest BCUT2D eigenvalue weighted by Gasteiger charge is -2.23. The molecule has 2 aromatic carbocycles. The number of halogens is 2. The van der Waals surface area contributed by atoms with Crippen LogP contribution in [-0.2, 0) is 5.41 Å². The number of ether oxygens (including phenoxy) is 1. The molecule has 5 nitrogen and oxygen atoms in total. The monoisotopic (exact) mass is 486 g/mol. The minimum atomic E-state index is -0.130. The second-order valence-corrected chi connectivity index (χ2v) is 10.0. The Morgan fingerprint density at radius 3 is 2.56 bits per heavy atom. The molecule has 2 aliphatic rings. The van der Waals surface area contributed by atoms with Crippen molar-refractivity contribution in [3.05, 3.63) is 63.4 Å². The van der Waals surface area contributed by atoms with Crippen LogP contribution in [0.15, 0.2) is 41.4 Å². The van der Waals surface area contributed by atoms with Gasteiger partial charge < -0.3 is 9.64 Å². The summed E-state index contributed by atoms with van der Waals surface area (Å²) in [5, 5.41) is 1.73. The van der Waals surface area contributed by atoms with E-state index in [0.717, 1.165) is 48.0 Å². The van der Waals surface area contributed by atoms with E-state index in [-0.39, 0.29) is 5.41 Å². The Morgan fingerprint density at radius 1 is 1.09 bits per heavy atom. The second-order valence-electron chi connectivity index (χ2n) is 8.49. The highest BCUT2D eigenvalue weighted by Gasteiger charge is 2.49. The molecule has 1 aliphatic heterocycles. The number of aliphatic imine (C=N–C) groups is 1. The molecule has 8 heteroatoms. The van der Waals surface area contributed by atoms with Gasteiger partial charge in [-0.1, -0.05) is 35.3 Å². The largest absolute Gasteiger partial charge is 0.428 e. The summed E-state index contributed by atoms with van der Waals surface area (Å²) in [6.07, 6.45) is 7.72. The van der Waals surface area contributed by atoms with Crippen molar-refractivity contribution >= 4 is 46.8 Å². The normalized spacial score (nSPS) is 17.7. The number of nitrogens with zero attached hydrogens (tertiary/aromatic N) is 4. The van der Waals surface area contributed by atoms with Gasteiger partial charge in [-0.05, 0) is 74.4 Å². The summed E-state index contributed by atoms with van der Waals surface area (Å²) in [7, 11) is 0. The molecule has 166 valence electrons. The molecule has 0 amide bonds. The minimum absolute atomic E-state index is 0.130. The molecule has 0 unspecified atom stereocenters. The van der Waals surface area contributed by atoms with Gasteiger partial charge >= 0.3 is 0 Å². The van der Waals surface area contributed by atoms with Crippen LogP contribution in [-0.4, -0.2) is 33.7 Å². The first-order valence-electron chi connectivity index (χ1n) is 10.9. The summed E-state index contributed by atoms with van der Waals surface area (Å²) in [5.74, 6) is 1.37. The van der Waals surface area contributed by atoms with Crippen molar-refractivity contribution in [3.63, 3.8) is 0 Å². The Bertz CT molecular complexity index is 1140. The standard InChI is InChI=1S/C24H24Cl2N4OS/c1-16-13-21(19(26)14-20(16)27-15-30-11-3-2-4-12-30)31-23-28-22(29-32-23)24(9-10-24)17-5-7-18(25)8-6-17/h5-8,13-15H,2-4,9-12H2,1H3. The Balaban J connectivity index is 1.32. The molecular weight excluding hydrogens is 463 g/mol. The Kier molecular flexibility index (Phi) is 6.10. The summed E-state index contributed by atoms with van der Waals surface area (Å²) in [5.41, 5.74) is 2.92. The number of hydrogen-bond donors (Lipinski definition) is 0. The fraction of sp³-hybridized carbons (Fsp3) is 0.375. The number of benzene rings is 2. The van der Waals surface area contributed by atoms with E-state index in [1.807, 2.05) is 37.5 Å². The smallest absolute Gasteiger partial charge is 0.298 e. The van der Waals surface area contributed by atoms with Crippen molar-refractivity contribution in [1.82, 2.24) is 14.3 Å². The third kappa shape index (κ3) is 4.49. The van der Waals surface area contributed by atoms with E-state index >= 15 is 0 Å². The number of likely N-dealkylation sites (tertiary alicyclic amines) is 1. The van der Waals surface area contributed by atoms with Crippen LogP contribution in [0.5, 0.6) is 10.9 Å². The molecule has 0 atom stereocenters. The third-order valence-electron chi connectivity index (χ3n) is 6.18. The van der Waals surface area contributed by atoms with E-state index in [1.54, 1.807) is 0 Å². The van der Waals surface area contributed by atoms with Gasteiger partial charge in [-0.15, -0.1) is 0 Å². The fourth-order valence-electron chi connectivity index (χ4n) is 4.11. The lowest BCUT2D eigenvalue weighted by atomic mass is 9.95. The molecule has 0 bridgehead atoms. The van der Waals surface area contributed by atoms with Crippen molar-refractivity contribution in [3.8, 4) is 10.9 Å². The van der Waals surface area contributed by atoms with Gasteiger partial charge in [0.15, 0.2) is 5.82 Å². The molecule has 5 rings (SSSR count). The third-order valence-corrected chi connectivity index (χ3v) is 7.32. The zero-order chi connectivity index (χ0) is 22.1. The average Bonchev–Trinajstić information content (AvgIpc) is 3.48. The highest BCUT2D eigenvalue weighted by Crippen LogP contribution is 2.53. The van der Waals surface area contributed by atoms with E-state index in [2.05, 4.69) is 31.4 Å². The van der Waals surface area contributed by atoms with E-state index in [9.17, 15) is 0 Å². The van der Waals surface area contributed by atoms with Gasteiger partial charge in [-0.25, -0.2) is 4.99 Å². The first kappa shape index (κ1) is 21.7. The van der Waals surface area contributed by atoms with Crippen LogP contribution in [0.4, 0.5) is 5.69 Å². The van der Waals surface area contributed by atoms with Gasteiger partial charge in [0.05, 0.1) is 22.5 Å². The van der Waals surface area contributed by atoms with E-state index in [0.29, 0.717) is 16.0 Å². The Hall–Kier alpha value is -2.15. The van der Waals surface area contributed by atoms with Crippen molar-refractivity contribution < 1.29 is 4.74 Å². The molecule has 1 aliphatic carbocycles. The van der Waals surface area contributed by atoms with Gasteiger partial charge in [0.1, 0.15) is 5.75 Å². The molecule has 1 saturated carbocycles. The number of rotatable bonds is 6. The number of aryl methyl sites for hydroxylation is 1. The molecule has 0 spiro atoms. The first-order valence-corrected chi connectivity index (χ1v) is 12.4. The highest BCUT2D eigenvalue weighted by atomic mass is 35.5. The zero-order valence-electron chi connectivity index (χ0n) is 17.9. The predicted octanol–water partition coefficient (Wildman–Crippen LogP) is 7.17. The highest BCUT2D eigenvalue weighted by molar-refractivity contribution is 7.07. The van der Waals surface area contributed by atoms with Crippen LogP contribution in [0.3, 0.4) is 0 Å². The summed E-state index contributed by atoms with van der Waals surface area (Å²) in [6.45, 7) is 4.14. The van der Waals surface area contributed by atoms with Crippen LogP contribution in [0.1, 0.15) is 49.1 Å². The summed E-state index contributed by atoms with van der Waals surface area (Å²) >= 11 is 13.8. The Labute approximate surface area is 202 Å². The van der Waals surface area contributed by atoms with E-state index < -0.39 is 0 Å². The number of aromatic nitrogens is 2. The number of hydrogen-bond acceptors (Lipinski definition) is 5. The molecule has 2 heterocycles. The van der Waals surface area contributed by atoms with Crippen molar-refractivity contribution in [2.45, 2.75) is 44.4 Å². The molecule has 32 heavy (non-hydrogen) atoms.